The smallest absolute Gasteiger partial charge is 0.238 e. The van der Waals surface area contributed by atoms with Crippen LogP contribution in [0.4, 0.5) is 11.4 Å². The largest absolute Gasteiger partial charge is 0.399 e. The van der Waals surface area contributed by atoms with E-state index in [4.69, 9.17) is 15.6 Å². The van der Waals surface area contributed by atoms with Gasteiger partial charge < -0.3 is 15.8 Å². The lowest BCUT2D eigenvalue weighted by atomic mass is 10.1. The molecule has 18 heavy (non-hydrogen) atoms. The van der Waals surface area contributed by atoms with Gasteiger partial charge in [0.05, 0.1) is 4.90 Å². The van der Waals surface area contributed by atoms with Gasteiger partial charge in [0.15, 0.2) is 0 Å². The van der Waals surface area contributed by atoms with E-state index in [1.807, 2.05) is 0 Å². The Morgan fingerprint density at radius 3 is 2.50 bits per heavy atom. The number of primary sulfonamides is 1. The van der Waals surface area contributed by atoms with E-state index < -0.39 is 10.0 Å². The minimum absolute atomic E-state index is 0.0251. The van der Waals surface area contributed by atoms with Crippen LogP contribution < -0.4 is 16.2 Å². The third kappa shape index (κ3) is 3.34. The standard InChI is InChI=1S/C11H17N3O3S/c12-8-5-10(7-11(6-8)18(13,15)16)14-9-1-3-17-4-2-9/h5-7,9,14H,1-4,12H2,(H2,13,15,16). The Labute approximate surface area is 106 Å². The number of nitrogen functional groups attached to an aromatic ring is 1. The van der Waals surface area contributed by atoms with Crippen LogP contribution in [-0.2, 0) is 14.8 Å². The summed E-state index contributed by atoms with van der Waals surface area (Å²) in [6.07, 6.45) is 1.78. The van der Waals surface area contributed by atoms with E-state index in [2.05, 4.69) is 5.32 Å². The molecular weight excluding hydrogens is 254 g/mol. The zero-order chi connectivity index (χ0) is 13.2. The fourth-order valence-electron chi connectivity index (χ4n) is 1.95. The van der Waals surface area contributed by atoms with E-state index in [0.717, 1.165) is 12.8 Å². The highest BCUT2D eigenvalue weighted by atomic mass is 32.2. The molecule has 0 aromatic heterocycles. The maximum atomic E-state index is 11.3. The van der Waals surface area contributed by atoms with Gasteiger partial charge in [-0.15, -0.1) is 0 Å². The number of hydrogen-bond acceptors (Lipinski definition) is 5. The molecule has 1 aliphatic rings. The molecule has 0 saturated carbocycles. The lowest BCUT2D eigenvalue weighted by Crippen LogP contribution is -2.28. The molecule has 0 atom stereocenters. The molecule has 0 spiro atoms. The summed E-state index contributed by atoms with van der Waals surface area (Å²) < 4.78 is 27.9. The molecule has 1 aromatic carbocycles. The summed E-state index contributed by atoms with van der Waals surface area (Å²) >= 11 is 0. The Kier molecular flexibility index (Phi) is 3.74. The summed E-state index contributed by atoms with van der Waals surface area (Å²) in [5.41, 5.74) is 6.72. The quantitative estimate of drug-likeness (QED) is 0.694. The summed E-state index contributed by atoms with van der Waals surface area (Å²) in [7, 11) is -3.73. The number of hydrogen-bond donors (Lipinski definition) is 3. The van der Waals surface area contributed by atoms with Gasteiger partial charge in [0.25, 0.3) is 0 Å². The monoisotopic (exact) mass is 271 g/mol. The first-order valence-corrected chi connectivity index (χ1v) is 7.27. The van der Waals surface area contributed by atoms with Crippen molar-refractivity contribution in [3.8, 4) is 0 Å². The zero-order valence-corrected chi connectivity index (χ0v) is 10.7. The Bertz CT molecular complexity index is 524. The van der Waals surface area contributed by atoms with Crippen LogP contribution in [0.1, 0.15) is 12.8 Å². The fraction of sp³-hybridized carbons (Fsp3) is 0.455. The zero-order valence-electron chi connectivity index (χ0n) is 9.93. The van der Waals surface area contributed by atoms with Gasteiger partial charge in [0.2, 0.25) is 10.0 Å². The van der Waals surface area contributed by atoms with Crippen LogP contribution in [0.5, 0.6) is 0 Å². The number of anilines is 2. The first kappa shape index (κ1) is 13.1. The van der Waals surface area contributed by atoms with Crippen molar-refractivity contribution in [1.29, 1.82) is 0 Å². The van der Waals surface area contributed by atoms with Crippen LogP contribution >= 0.6 is 0 Å². The molecular formula is C11H17N3O3S. The summed E-state index contributed by atoms with van der Waals surface area (Å²) in [6.45, 7) is 1.42. The average Bonchev–Trinajstić information content (AvgIpc) is 2.28. The van der Waals surface area contributed by atoms with Gasteiger partial charge in [0.1, 0.15) is 0 Å². The molecule has 1 heterocycles. The molecule has 6 nitrogen and oxygen atoms in total. The number of rotatable bonds is 3. The Hall–Kier alpha value is -1.31. The average molecular weight is 271 g/mol. The van der Waals surface area contributed by atoms with E-state index in [0.29, 0.717) is 24.6 Å². The Morgan fingerprint density at radius 1 is 1.22 bits per heavy atom. The van der Waals surface area contributed by atoms with Gasteiger partial charge in [-0.2, -0.15) is 0 Å². The van der Waals surface area contributed by atoms with E-state index in [1.165, 1.54) is 12.1 Å². The molecule has 1 saturated heterocycles. The number of ether oxygens (including phenoxy) is 1. The molecule has 1 aromatic rings. The van der Waals surface area contributed by atoms with E-state index >= 15 is 0 Å². The number of nitrogens with one attached hydrogen (secondary N) is 1. The highest BCUT2D eigenvalue weighted by Crippen LogP contribution is 2.22. The van der Waals surface area contributed by atoms with Crippen molar-refractivity contribution in [2.45, 2.75) is 23.8 Å². The predicted molar refractivity (Wildman–Crippen MR) is 69.7 cm³/mol. The maximum Gasteiger partial charge on any atom is 0.238 e. The van der Waals surface area contributed by atoms with Crippen molar-refractivity contribution in [3.05, 3.63) is 18.2 Å². The van der Waals surface area contributed by atoms with E-state index in [-0.39, 0.29) is 10.9 Å². The highest BCUT2D eigenvalue weighted by molar-refractivity contribution is 7.89. The molecule has 0 amide bonds. The number of benzene rings is 1. The topological polar surface area (TPSA) is 107 Å². The fourth-order valence-corrected chi connectivity index (χ4v) is 2.54. The molecule has 7 heteroatoms. The first-order valence-electron chi connectivity index (χ1n) is 5.73. The van der Waals surface area contributed by atoms with Crippen molar-refractivity contribution < 1.29 is 13.2 Å². The second-order valence-corrected chi connectivity index (χ2v) is 5.93. The van der Waals surface area contributed by atoms with Crippen molar-refractivity contribution in [2.24, 2.45) is 5.14 Å². The number of nitrogens with two attached hydrogens (primary N) is 2. The molecule has 0 unspecified atom stereocenters. The van der Waals surface area contributed by atoms with Gasteiger partial charge in [-0.1, -0.05) is 0 Å². The molecule has 0 bridgehead atoms. The van der Waals surface area contributed by atoms with Crippen LogP contribution in [0.25, 0.3) is 0 Å². The van der Waals surface area contributed by atoms with Crippen molar-refractivity contribution >= 4 is 21.4 Å². The van der Waals surface area contributed by atoms with Crippen LogP contribution in [0.2, 0.25) is 0 Å². The molecule has 0 radical (unpaired) electrons. The second-order valence-electron chi connectivity index (χ2n) is 4.37. The summed E-state index contributed by atoms with van der Waals surface area (Å²) in [5.74, 6) is 0. The third-order valence-electron chi connectivity index (χ3n) is 2.85. The summed E-state index contributed by atoms with van der Waals surface area (Å²) in [5, 5.41) is 8.35. The number of sulfonamides is 1. The SMILES string of the molecule is Nc1cc(NC2CCOCC2)cc(S(N)(=O)=O)c1. The second kappa shape index (κ2) is 5.13. The van der Waals surface area contributed by atoms with Crippen LogP contribution in [0.3, 0.4) is 0 Å². The molecule has 0 aliphatic carbocycles. The van der Waals surface area contributed by atoms with Crippen LogP contribution in [0, 0.1) is 0 Å². The lowest BCUT2D eigenvalue weighted by Gasteiger charge is -2.24. The van der Waals surface area contributed by atoms with Crippen molar-refractivity contribution in [3.63, 3.8) is 0 Å². The van der Waals surface area contributed by atoms with Crippen LogP contribution in [-0.4, -0.2) is 27.7 Å². The normalized spacial score (nSPS) is 17.6. The van der Waals surface area contributed by atoms with Gasteiger partial charge in [-0.3, -0.25) is 0 Å². The van der Waals surface area contributed by atoms with Crippen LogP contribution in [0.15, 0.2) is 23.1 Å². The van der Waals surface area contributed by atoms with Gasteiger partial charge in [-0.05, 0) is 31.0 Å². The van der Waals surface area contributed by atoms with Gasteiger partial charge in [0, 0.05) is 30.6 Å². The predicted octanol–water partition coefficient (Wildman–Crippen LogP) is 0.507. The molecule has 100 valence electrons. The minimum atomic E-state index is -3.73. The first-order chi connectivity index (χ1) is 8.45. The Balaban J connectivity index is 2.20. The molecule has 2 rings (SSSR count). The van der Waals surface area contributed by atoms with Gasteiger partial charge in [-0.25, -0.2) is 13.6 Å². The molecule has 1 aliphatic heterocycles. The minimum Gasteiger partial charge on any atom is -0.399 e. The Morgan fingerprint density at radius 2 is 1.89 bits per heavy atom. The van der Waals surface area contributed by atoms with Crippen molar-refractivity contribution in [1.82, 2.24) is 0 Å². The summed E-state index contributed by atoms with van der Waals surface area (Å²) in [6, 6.07) is 4.82. The molecule has 1 fully saturated rings. The maximum absolute atomic E-state index is 11.3. The molecule has 5 N–H and O–H groups in total. The van der Waals surface area contributed by atoms with Crippen molar-refractivity contribution in [2.75, 3.05) is 24.3 Å². The third-order valence-corrected chi connectivity index (χ3v) is 3.74. The summed E-state index contributed by atoms with van der Waals surface area (Å²) in [4.78, 5) is 0.0251. The van der Waals surface area contributed by atoms with E-state index in [1.54, 1.807) is 6.07 Å². The lowest BCUT2D eigenvalue weighted by molar-refractivity contribution is 0.0904. The highest BCUT2D eigenvalue weighted by Gasteiger charge is 2.15. The van der Waals surface area contributed by atoms with Gasteiger partial charge >= 0.3 is 0 Å². The van der Waals surface area contributed by atoms with E-state index in [9.17, 15) is 8.42 Å².